The molecule has 2 N–H and O–H groups in total. The summed E-state index contributed by atoms with van der Waals surface area (Å²) >= 11 is 0. The molecule has 19 heavy (non-hydrogen) atoms. The molecule has 0 heterocycles. The Bertz CT molecular complexity index is 338. The minimum absolute atomic E-state index is 0.0666. The molecule has 0 bridgehead atoms. The first-order chi connectivity index (χ1) is 8.80. The molecule has 4 heteroatoms. The Balaban J connectivity index is 2.62. The van der Waals surface area contributed by atoms with Crippen LogP contribution in [0.4, 0.5) is 0 Å². The highest BCUT2D eigenvalue weighted by molar-refractivity contribution is 5.85. The van der Waals surface area contributed by atoms with Crippen molar-refractivity contribution in [1.29, 1.82) is 0 Å². The van der Waals surface area contributed by atoms with Crippen LogP contribution in [0.25, 0.3) is 0 Å². The molecular weight excluding hydrogens is 242 g/mol. The van der Waals surface area contributed by atoms with E-state index in [0.717, 1.165) is 12.8 Å². The fourth-order valence-corrected chi connectivity index (χ4v) is 2.62. The molecule has 1 saturated carbocycles. The van der Waals surface area contributed by atoms with Crippen LogP contribution >= 0.6 is 0 Å². The van der Waals surface area contributed by atoms with Crippen LogP contribution in [0.5, 0.6) is 0 Å². The third-order valence-electron chi connectivity index (χ3n) is 4.59. The third kappa shape index (κ3) is 4.22. The minimum atomic E-state index is -0.828. The first-order valence-electron chi connectivity index (χ1n) is 7.31. The fraction of sp³-hybridized carbons (Fsp3) is 0.867. The molecule has 1 aliphatic carbocycles. The Hall–Kier alpha value is -1.06. The average Bonchev–Trinajstić information content (AvgIpc) is 2.80. The maximum absolute atomic E-state index is 12.2. The van der Waals surface area contributed by atoms with Gasteiger partial charge in [-0.1, -0.05) is 34.1 Å². The molecule has 0 aromatic rings. The van der Waals surface area contributed by atoms with Gasteiger partial charge in [0.05, 0.1) is 11.8 Å². The normalized spacial score (nSPS) is 27.3. The summed E-state index contributed by atoms with van der Waals surface area (Å²) in [7, 11) is 0. The quantitative estimate of drug-likeness (QED) is 0.779. The van der Waals surface area contributed by atoms with Gasteiger partial charge in [-0.3, -0.25) is 9.59 Å². The molecule has 1 aliphatic rings. The standard InChI is InChI=1S/C15H27NO3/c1-5-10-7-11(12(8-10)14(18)19)13(17)16-9-15(3,4)6-2/h10-12H,5-9H2,1-4H3,(H,16,17)(H,18,19). The Morgan fingerprint density at radius 3 is 2.26 bits per heavy atom. The molecule has 1 rings (SSSR count). The monoisotopic (exact) mass is 269 g/mol. The van der Waals surface area contributed by atoms with Gasteiger partial charge in [-0.25, -0.2) is 0 Å². The van der Waals surface area contributed by atoms with Gasteiger partial charge in [-0.05, 0) is 30.6 Å². The summed E-state index contributed by atoms with van der Waals surface area (Å²) in [5.41, 5.74) is 0.0666. The number of rotatable bonds is 6. The second kappa shape index (κ2) is 6.40. The van der Waals surface area contributed by atoms with Crippen LogP contribution < -0.4 is 5.32 Å². The zero-order valence-electron chi connectivity index (χ0n) is 12.5. The van der Waals surface area contributed by atoms with Gasteiger partial charge in [0.15, 0.2) is 0 Å². The molecule has 0 aromatic heterocycles. The minimum Gasteiger partial charge on any atom is -0.481 e. The van der Waals surface area contributed by atoms with Crippen LogP contribution in [0, 0.1) is 23.2 Å². The lowest BCUT2D eigenvalue weighted by Crippen LogP contribution is -2.39. The number of carboxylic acid groups (broad SMARTS) is 1. The van der Waals surface area contributed by atoms with Crippen molar-refractivity contribution < 1.29 is 14.7 Å². The Morgan fingerprint density at radius 2 is 1.79 bits per heavy atom. The molecule has 0 saturated heterocycles. The highest BCUT2D eigenvalue weighted by Gasteiger charge is 2.42. The summed E-state index contributed by atoms with van der Waals surface area (Å²) in [6, 6.07) is 0. The van der Waals surface area contributed by atoms with Gasteiger partial charge in [0.2, 0.25) is 5.91 Å². The van der Waals surface area contributed by atoms with Crippen LogP contribution in [0.15, 0.2) is 0 Å². The number of carbonyl (C=O) groups excluding carboxylic acids is 1. The predicted molar refractivity (Wildman–Crippen MR) is 74.7 cm³/mol. The van der Waals surface area contributed by atoms with Crippen molar-refractivity contribution in [3.63, 3.8) is 0 Å². The van der Waals surface area contributed by atoms with Crippen molar-refractivity contribution in [2.24, 2.45) is 23.2 Å². The Labute approximate surface area is 116 Å². The van der Waals surface area contributed by atoms with Crippen molar-refractivity contribution >= 4 is 11.9 Å². The van der Waals surface area contributed by atoms with E-state index in [9.17, 15) is 14.7 Å². The summed E-state index contributed by atoms with van der Waals surface area (Å²) in [4.78, 5) is 23.5. The molecule has 3 atom stereocenters. The number of amides is 1. The summed E-state index contributed by atoms with van der Waals surface area (Å²) < 4.78 is 0. The maximum Gasteiger partial charge on any atom is 0.307 e. The summed E-state index contributed by atoms with van der Waals surface area (Å²) in [5, 5.41) is 12.2. The van der Waals surface area contributed by atoms with E-state index in [1.165, 1.54) is 0 Å². The predicted octanol–water partition coefficient (Wildman–Crippen LogP) is 2.68. The molecule has 4 nitrogen and oxygen atoms in total. The second-order valence-corrected chi connectivity index (χ2v) is 6.53. The largest absolute Gasteiger partial charge is 0.481 e. The third-order valence-corrected chi connectivity index (χ3v) is 4.59. The van der Waals surface area contributed by atoms with Crippen LogP contribution in [0.2, 0.25) is 0 Å². The van der Waals surface area contributed by atoms with Gasteiger partial charge in [0.25, 0.3) is 0 Å². The topological polar surface area (TPSA) is 66.4 Å². The van der Waals surface area contributed by atoms with E-state index in [1.54, 1.807) is 0 Å². The maximum atomic E-state index is 12.2. The zero-order valence-corrected chi connectivity index (χ0v) is 12.5. The molecule has 1 fully saturated rings. The molecule has 1 amide bonds. The van der Waals surface area contributed by atoms with E-state index >= 15 is 0 Å². The summed E-state index contributed by atoms with van der Waals surface area (Å²) in [6.07, 6.45) is 3.29. The summed E-state index contributed by atoms with van der Waals surface area (Å²) in [6.45, 7) is 8.97. The number of carboxylic acids is 1. The van der Waals surface area contributed by atoms with Crippen molar-refractivity contribution in [3.8, 4) is 0 Å². The van der Waals surface area contributed by atoms with Gasteiger partial charge in [-0.2, -0.15) is 0 Å². The lowest BCUT2D eigenvalue weighted by molar-refractivity contribution is -0.146. The van der Waals surface area contributed by atoms with E-state index in [2.05, 4.69) is 33.0 Å². The van der Waals surface area contributed by atoms with Gasteiger partial charge in [0, 0.05) is 6.54 Å². The van der Waals surface area contributed by atoms with Crippen molar-refractivity contribution in [2.75, 3.05) is 6.54 Å². The molecule has 0 aromatic carbocycles. The average molecular weight is 269 g/mol. The number of hydrogen-bond donors (Lipinski definition) is 2. The summed E-state index contributed by atoms with van der Waals surface area (Å²) in [5.74, 6) is -1.39. The number of carbonyl (C=O) groups is 2. The Morgan fingerprint density at radius 1 is 1.21 bits per heavy atom. The van der Waals surface area contributed by atoms with Crippen LogP contribution in [-0.4, -0.2) is 23.5 Å². The Kier molecular flexibility index (Phi) is 5.39. The second-order valence-electron chi connectivity index (χ2n) is 6.53. The van der Waals surface area contributed by atoms with Crippen molar-refractivity contribution in [2.45, 2.75) is 53.4 Å². The molecule has 0 spiro atoms. The smallest absolute Gasteiger partial charge is 0.307 e. The van der Waals surface area contributed by atoms with Gasteiger partial charge in [-0.15, -0.1) is 0 Å². The first kappa shape index (κ1) is 16.0. The lowest BCUT2D eigenvalue weighted by atomic mass is 9.89. The molecule has 3 unspecified atom stereocenters. The van der Waals surface area contributed by atoms with Crippen molar-refractivity contribution in [3.05, 3.63) is 0 Å². The van der Waals surface area contributed by atoms with E-state index in [-0.39, 0.29) is 17.2 Å². The van der Waals surface area contributed by atoms with E-state index in [4.69, 9.17) is 0 Å². The van der Waals surface area contributed by atoms with Crippen molar-refractivity contribution in [1.82, 2.24) is 5.32 Å². The van der Waals surface area contributed by atoms with Crippen LogP contribution in [-0.2, 0) is 9.59 Å². The van der Waals surface area contributed by atoms with Crippen LogP contribution in [0.3, 0.4) is 0 Å². The lowest BCUT2D eigenvalue weighted by Gasteiger charge is -2.24. The molecule has 0 radical (unpaired) electrons. The van der Waals surface area contributed by atoms with Gasteiger partial charge >= 0.3 is 5.97 Å². The fourth-order valence-electron chi connectivity index (χ4n) is 2.62. The molecular formula is C15H27NO3. The molecule has 0 aliphatic heterocycles. The highest BCUT2D eigenvalue weighted by Crippen LogP contribution is 2.38. The number of hydrogen-bond acceptors (Lipinski definition) is 2. The highest BCUT2D eigenvalue weighted by atomic mass is 16.4. The molecule has 110 valence electrons. The van der Waals surface area contributed by atoms with E-state index in [1.807, 2.05) is 0 Å². The zero-order chi connectivity index (χ0) is 14.6. The number of nitrogens with one attached hydrogen (secondary N) is 1. The first-order valence-corrected chi connectivity index (χ1v) is 7.31. The van der Waals surface area contributed by atoms with E-state index in [0.29, 0.717) is 25.3 Å². The number of aliphatic carboxylic acids is 1. The van der Waals surface area contributed by atoms with Crippen LogP contribution in [0.1, 0.15) is 53.4 Å². The van der Waals surface area contributed by atoms with Gasteiger partial charge < -0.3 is 10.4 Å². The van der Waals surface area contributed by atoms with Gasteiger partial charge in [0.1, 0.15) is 0 Å². The van der Waals surface area contributed by atoms with E-state index < -0.39 is 11.9 Å². The SMILES string of the molecule is CCC1CC(C(=O)O)C(C(=O)NCC(C)(C)CC)C1.